The highest BCUT2D eigenvalue weighted by Gasteiger charge is 2.26. The number of hydrogen-bond acceptors (Lipinski definition) is 2. The van der Waals surface area contributed by atoms with E-state index in [0.717, 1.165) is 13.0 Å². The third-order valence-electron chi connectivity index (χ3n) is 3.23. The van der Waals surface area contributed by atoms with Crippen molar-refractivity contribution in [2.75, 3.05) is 13.1 Å². The largest absolute Gasteiger partial charge is 0.391 e. The van der Waals surface area contributed by atoms with Gasteiger partial charge in [-0.05, 0) is 6.42 Å². The van der Waals surface area contributed by atoms with Crippen LogP contribution in [-0.4, -0.2) is 35.1 Å². The molecule has 1 rings (SSSR count). The fraction of sp³-hybridized carbons (Fsp3) is 0.923. The number of aliphatic hydroxyl groups is 1. The van der Waals surface area contributed by atoms with Gasteiger partial charge in [0.1, 0.15) is 0 Å². The summed E-state index contributed by atoms with van der Waals surface area (Å²) < 4.78 is 0. The molecule has 1 N–H and O–H groups in total. The highest BCUT2D eigenvalue weighted by Crippen LogP contribution is 2.13. The van der Waals surface area contributed by atoms with Crippen LogP contribution >= 0.6 is 0 Å². The zero-order valence-corrected chi connectivity index (χ0v) is 10.5. The lowest BCUT2D eigenvalue weighted by Crippen LogP contribution is -2.26. The number of likely N-dealkylation sites (tertiary alicyclic amines) is 1. The van der Waals surface area contributed by atoms with E-state index >= 15 is 0 Å². The molecule has 0 spiro atoms. The molecule has 16 heavy (non-hydrogen) atoms. The first-order valence-electron chi connectivity index (χ1n) is 6.70. The van der Waals surface area contributed by atoms with Gasteiger partial charge in [-0.25, -0.2) is 0 Å². The minimum atomic E-state index is -0.419. The van der Waals surface area contributed by atoms with E-state index in [1.54, 1.807) is 4.90 Å². The van der Waals surface area contributed by atoms with E-state index in [0.29, 0.717) is 13.0 Å². The van der Waals surface area contributed by atoms with Crippen LogP contribution in [0.1, 0.15) is 58.3 Å². The van der Waals surface area contributed by atoms with Crippen LogP contribution in [0.5, 0.6) is 0 Å². The number of carbonyl (C=O) groups excluding carboxylic acids is 1. The molecule has 1 saturated heterocycles. The summed E-state index contributed by atoms with van der Waals surface area (Å²) in [6, 6.07) is 0. The number of rotatable bonds is 8. The summed E-state index contributed by atoms with van der Waals surface area (Å²) in [5.74, 6) is 0.124. The Morgan fingerprint density at radius 2 is 1.81 bits per heavy atom. The summed E-state index contributed by atoms with van der Waals surface area (Å²) >= 11 is 0. The molecule has 1 aliphatic rings. The van der Waals surface area contributed by atoms with Gasteiger partial charge in [0, 0.05) is 13.1 Å². The van der Waals surface area contributed by atoms with Crippen LogP contribution in [0, 0.1) is 0 Å². The highest BCUT2D eigenvalue weighted by molar-refractivity contribution is 5.78. The number of unbranched alkanes of at least 4 members (excludes halogenated alkanes) is 6. The Morgan fingerprint density at radius 3 is 2.38 bits per heavy atom. The van der Waals surface area contributed by atoms with E-state index in [1.165, 1.54) is 38.5 Å². The zero-order chi connectivity index (χ0) is 11.8. The molecule has 0 aromatic heterocycles. The molecule has 0 aromatic rings. The zero-order valence-electron chi connectivity index (χ0n) is 10.5. The lowest BCUT2D eigenvalue weighted by Gasteiger charge is -2.15. The van der Waals surface area contributed by atoms with Crippen molar-refractivity contribution in [3.8, 4) is 0 Å². The number of hydrogen-bond donors (Lipinski definition) is 1. The predicted octanol–water partition coefficient (Wildman–Crippen LogP) is 2.33. The predicted molar refractivity (Wildman–Crippen MR) is 65.2 cm³/mol. The molecule has 94 valence electrons. The monoisotopic (exact) mass is 227 g/mol. The quantitative estimate of drug-likeness (QED) is 0.647. The SMILES string of the molecule is CCCCCCCCCN1CC(O)CC1=O. The third kappa shape index (κ3) is 4.97. The van der Waals surface area contributed by atoms with Gasteiger partial charge in [-0.15, -0.1) is 0 Å². The molecule has 1 unspecified atom stereocenters. The second-order valence-corrected chi connectivity index (χ2v) is 4.82. The maximum atomic E-state index is 11.4. The fourth-order valence-electron chi connectivity index (χ4n) is 2.23. The Labute approximate surface area is 98.8 Å². The van der Waals surface area contributed by atoms with Gasteiger partial charge >= 0.3 is 0 Å². The van der Waals surface area contributed by atoms with Crippen molar-refractivity contribution in [3.63, 3.8) is 0 Å². The van der Waals surface area contributed by atoms with Crippen molar-refractivity contribution < 1.29 is 9.90 Å². The van der Waals surface area contributed by atoms with Crippen molar-refractivity contribution in [1.29, 1.82) is 0 Å². The van der Waals surface area contributed by atoms with Crippen LogP contribution < -0.4 is 0 Å². The van der Waals surface area contributed by atoms with Crippen LogP contribution in [0.2, 0.25) is 0 Å². The minimum Gasteiger partial charge on any atom is -0.391 e. The number of amides is 1. The standard InChI is InChI=1S/C13H25NO2/c1-2-3-4-5-6-7-8-9-14-11-12(15)10-13(14)16/h12,15H,2-11H2,1H3. The minimum absolute atomic E-state index is 0.124. The molecular weight excluding hydrogens is 202 g/mol. The topological polar surface area (TPSA) is 40.5 Å². The maximum absolute atomic E-state index is 11.4. The molecule has 1 heterocycles. The summed E-state index contributed by atoms with van der Waals surface area (Å²) in [7, 11) is 0. The summed E-state index contributed by atoms with van der Waals surface area (Å²) in [6.07, 6.45) is 8.80. The van der Waals surface area contributed by atoms with Gasteiger partial charge in [0.2, 0.25) is 5.91 Å². The lowest BCUT2D eigenvalue weighted by atomic mass is 10.1. The van der Waals surface area contributed by atoms with Crippen molar-refractivity contribution >= 4 is 5.91 Å². The first-order chi connectivity index (χ1) is 7.74. The molecule has 3 heteroatoms. The van der Waals surface area contributed by atoms with E-state index in [9.17, 15) is 9.90 Å². The summed E-state index contributed by atoms with van der Waals surface area (Å²) in [4.78, 5) is 13.2. The normalized spacial score (nSPS) is 20.8. The highest BCUT2D eigenvalue weighted by atomic mass is 16.3. The Bertz CT molecular complexity index is 206. The Kier molecular flexibility index (Phi) is 6.46. The molecule has 0 saturated carbocycles. The molecule has 0 aliphatic carbocycles. The van der Waals surface area contributed by atoms with E-state index in [-0.39, 0.29) is 5.91 Å². The van der Waals surface area contributed by atoms with Crippen molar-refractivity contribution in [2.45, 2.75) is 64.4 Å². The third-order valence-corrected chi connectivity index (χ3v) is 3.23. The van der Waals surface area contributed by atoms with Crippen LogP contribution in [0.15, 0.2) is 0 Å². The van der Waals surface area contributed by atoms with E-state index in [1.807, 2.05) is 0 Å². The Morgan fingerprint density at radius 1 is 1.19 bits per heavy atom. The smallest absolute Gasteiger partial charge is 0.225 e. The summed E-state index contributed by atoms with van der Waals surface area (Å²) in [6.45, 7) is 3.61. The average Bonchev–Trinajstić information content (AvgIpc) is 2.56. The van der Waals surface area contributed by atoms with Crippen molar-refractivity contribution in [1.82, 2.24) is 4.90 Å². The summed E-state index contributed by atoms with van der Waals surface area (Å²) in [5.41, 5.74) is 0. The molecule has 3 nitrogen and oxygen atoms in total. The van der Waals surface area contributed by atoms with Gasteiger partial charge in [0.25, 0.3) is 0 Å². The Hall–Kier alpha value is -0.570. The maximum Gasteiger partial charge on any atom is 0.225 e. The van der Waals surface area contributed by atoms with E-state index < -0.39 is 6.10 Å². The molecule has 1 fully saturated rings. The van der Waals surface area contributed by atoms with E-state index in [2.05, 4.69) is 6.92 Å². The second-order valence-electron chi connectivity index (χ2n) is 4.82. The van der Waals surface area contributed by atoms with Gasteiger partial charge < -0.3 is 10.0 Å². The Balaban J connectivity index is 1.93. The molecular formula is C13H25NO2. The molecule has 0 aromatic carbocycles. The first-order valence-corrected chi connectivity index (χ1v) is 6.70. The number of aliphatic hydroxyl groups excluding tert-OH is 1. The van der Waals surface area contributed by atoms with Gasteiger partial charge in [-0.2, -0.15) is 0 Å². The molecule has 1 atom stereocenters. The molecule has 1 aliphatic heterocycles. The lowest BCUT2D eigenvalue weighted by molar-refractivity contribution is -0.127. The van der Waals surface area contributed by atoms with Crippen LogP contribution in [0.3, 0.4) is 0 Å². The fourth-order valence-corrected chi connectivity index (χ4v) is 2.23. The van der Waals surface area contributed by atoms with Crippen molar-refractivity contribution in [3.05, 3.63) is 0 Å². The van der Waals surface area contributed by atoms with Crippen LogP contribution in [-0.2, 0) is 4.79 Å². The van der Waals surface area contributed by atoms with Crippen LogP contribution in [0.25, 0.3) is 0 Å². The van der Waals surface area contributed by atoms with Crippen molar-refractivity contribution in [2.24, 2.45) is 0 Å². The number of carbonyl (C=O) groups is 1. The van der Waals surface area contributed by atoms with Gasteiger partial charge in [-0.1, -0.05) is 45.4 Å². The van der Waals surface area contributed by atoms with Crippen LogP contribution in [0.4, 0.5) is 0 Å². The number of β-amino-alcohol motifs (C(OH)–C–C–N with tert-alkyl or cyclic N) is 1. The molecule has 1 amide bonds. The van der Waals surface area contributed by atoms with Gasteiger partial charge in [0.05, 0.1) is 12.5 Å². The van der Waals surface area contributed by atoms with E-state index in [4.69, 9.17) is 0 Å². The summed E-state index contributed by atoms with van der Waals surface area (Å²) in [5, 5.41) is 9.31. The number of nitrogens with zero attached hydrogens (tertiary/aromatic N) is 1. The van der Waals surface area contributed by atoms with Gasteiger partial charge in [-0.3, -0.25) is 4.79 Å². The second kappa shape index (κ2) is 7.66. The molecule has 0 bridgehead atoms. The molecule has 0 radical (unpaired) electrons. The average molecular weight is 227 g/mol. The first kappa shape index (κ1) is 13.5. The van der Waals surface area contributed by atoms with Gasteiger partial charge in [0.15, 0.2) is 0 Å².